The van der Waals surface area contributed by atoms with Crippen molar-refractivity contribution in [2.24, 2.45) is 5.92 Å². The number of amides is 1. The lowest BCUT2D eigenvalue weighted by atomic mass is 10.1. The van der Waals surface area contributed by atoms with Crippen LogP contribution < -0.4 is 14.8 Å². The van der Waals surface area contributed by atoms with Gasteiger partial charge in [0, 0.05) is 37.3 Å². The van der Waals surface area contributed by atoms with Crippen LogP contribution in [0.3, 0.4) is 0 Å². The standard InChI is InChI=1S/C19H30N2O4/c1-13(2)11-21-6-7-25-16(12-21)10-20-19(22)15-8-17(23-4)14(3)18(9-15)24-5/h8-9,13,16H,6-7,10-12H2,1-5H3,(H,20,22). The van der Waals surface area contributed by atoms with Crippen LogP contribution in [0.4, 0.5) is 0 Å². The lowest BCUT2D eigenvalue weighted by Gasteiger charge is -2.34. The maximum Gasteiger partial charge on any atom is 0.251 e. The predicted octanol–water partition coefficient (Wildman–Crippen LogP) is 2.10. The number of nitrogens with zero attached hydrogens (tertiary/aromatic N) is 1. The Labute approximate surface area is 150 Å². The van der Waals surface area contributed by atoms with E-state index < -0.39 is 0 Å². The fraction of sp³-hybridized carbons (Fsp3) is 0.632. The third kappa shape index (κ3) is 5.34. The Balaban J connectivity index is 1.96. The summed E-state index contributed by atoms with van der Waals surface area (Å²) in [6.45, 7) is 10.4. The number of morpholine rings is 1. The van der Waals surface area contributed by atoms with E-state index in [0.29, 0.717) is 36.1 Å². The molecule has 140 valence electrons. The van der Waals surface area contributed by atoms with Crippen molar-refractivity contribution in [2.75, 3.05) is 47.0 Å². The lowest BCUT2D eigenvalue weighted by molar-refractivity contribution is -0.0295. The van der Waals surface area contributed by atoms with Gasteiger partial charge in [0.15, 0.2) is 0 Å². The van der Waals surface area contributed by atoms with Crippen LogP contribution in [-0.2, 0) is 4.74 Å². The van der Waals surface area contributed by atoms with Crippen molar-refractivity contribution >= 4 is 5.91 Å². The molecular formula is C19H30N2O4. The van der Waals surface area contributed by atoms with Gasteiger partial charge in [0.1, 0.15) is 11.5 Å². The summed E-state index contributed by atoms with van der Waals surface area (Å²) in [4.78, 5) is 14.9. The summed E-state index contributed by atoms with van der Waals surface area (Å²) in [6.07, 6.45) is 0.0192. The van der Waals surface area contributed by atoms with Gasteiger partial charge in [0.2, 0.25) is 0 Å². The Morgan fingerprint density at radius 1 is 1.32 bits per heavy atom. The Morgan fingerprint density at radius 3 is 2.52 bits per heavy atom. The van der Waals surface area contributed by atoms with Crippen molar-refractivity contribution in [3.8, 4) is 11.5 Å². The highest BCUT2D eigenvalue weighted by molar-refractivity contribution is 5.95. The topological polar surface area (TPSA) is 60.0 Å². The van der Waals surface area contributed by atoms with Crippen molar-refractivity contribution < 1.29 is 19.0 Å². The van der Waals surface area contributed by atoms with E-state index in [-0.39, 0.29) is 12.0 Å². The van der Waals surface area contributed by atoms with Crippen LogP contribution in [0.2, 0.25) is 0 Å². The lowest BCUT2D eigenvalue weighted by Crippen LogP contribution is -2.48. The molecule has 1 aliphatic heterocycles. The first-order chi connectivity index (χ1) is 11.9. The molecule has 1 atom stereocenters. The highest BCUT2D eigenvalue weighted by atomic mass is 16.5. The summed E-state index contributed by atoms with van der Waals surface area (Å²) in [5.41, 5.74) is 1.40. The maximum atomic E-state index is 12.5. The molecule has 6 nitrogen and oxygen atoms in total. The average molecular weight is 350 g/mol. The molecule has 0 aromatic heterocycles. The molecule has 0 radical (unpaired) electrons. The van der Waals surface area contributed by atoms with Gasteiger partial charge in [-0.2, -0.15) is 0 Å². The summed E-state index contributed by atoms with van der Waals surface area (Å²) in [5, 5.41) is 2.96. The minimum absolute atomic E-state index is 0.0192. The molecule has 0 bridgehead atoms. The number of hydrogen-bond acceptors (Lipinski definition) is 5. The van der Waals surface area contributed by atoms with Gasteiger partial charge in [-0.1, -0.05) is 13.8 Å². The second-order valence-electron chi connectivity index (χ2n) is 6.86. The van der Waals surface area contributed by atoms with Gasteiger partial charge in [0.25, 0.3) is 5.91 Å². The molecule has 1 aromatic carbocycles. The molecule has 0 aliphatic carbocycles. The van der Waals surface area contributed by atoms with Crippen LogP contribution in [0, 0.1) is 12.8 Å². The van der Waals surface area contributed by atoms with Gasteiger partial charge in [-0.15, -0.1) is 0 Å². The minimum atomic E-state index is -0.152. The molecule has 1 N–H and O–H groups in total. The molecule has 0 spiro atoms. The van der Waals surface area contributed by atoms with Crippen molar-refractivity contribution in [3.05, 3.63) is 23.3 Å². The molecule has 6 heteroatoms. The number of rotatable bonds is 7. The van der Waals surface area contributed by atoms with Gasteiger partial charge in [-0.25, -0.2) is 0 Å². The summed E-state index contributed by atoms with van der Waals surface area (Å²) < 4.78 is 16.4. The van der Waals surface area contributed by atoms with Gasteiger partial charge in [-0.05, 0) is 25.0 Å². The van der Waals surface area contributed by atoms with Gasteiger partial charge >= 0.3 is 0 Å². The monoisotopic (exact) mass is 350 g/mol. The van der Waals surface area contributed by atoms with Crippen LogP contribution >= 0.6 is 0 Å². The highest BCUT2D eigenvalue weighted by Gasteiger charge is 2.22. The van der Waals surface area contributed by atoms with Crippen molar-refractivity contribution in [2.45, 2.75) is 26.9 Å². The number of hydrogen-bond donors (Lipinski definition) is 1. The van der Waals surface area contributed by atoms with E-state index in [1.165, 1.54) is 0 Å². The molecule has 1 unspecified atom stereocenters. The summed E-state index contributed by atoms with van der Waals surface area (Å²) in [5.74, 6) is 1.75. The summed E-state index contributed by atoms with van der Waals surface area (Å²) in [7, 11) is 3.17. The van der Waals surface area contributed by atoms with E-state index in [4.69, 9.17) is 14.2 Å². The first-order valence-corrected chi connectivity index (χ1v) is 8.79. The van der Waals surface area contributed by atoms with E-state index in [1.54, 1.807) is 26.4 Å². The molecule has 1 fully saturated rings. The Bertz CT molecular complexity index is 564. The second-order valence-corrected chi connectivity index (χ2v) is 6.86. The van der Waals surface area contributed by atoms with E-state index in [0.717, 1.165) is 25.2 Å². The minimum Gasteiger partial charge on any atom is -0.496 e. The third-order valence-corrected chi connectivity index (χ3v) is 4.35. The SMILES string of the molecule is COc1cc(C(=O)NCC2CN(CC(C)C)CCO2)cc(OC)c1C. The number of carbonyl (C=O) groups is 1. The normalized spacial score (nSPS) is 18.2. The smallest absolute Gasteiger partial charge is 0.251 e. The zero-order valence-corrected chi connectivity index (χ0v) is 15.9. The maximum absolute atomic E-state index is 12.5. The Kier molecular flexibility index (Phi) is 7.08. The molecule has 1 aliphatic rings. The van der Waals surface area contributed by atoms with E-state index in [2.05, 4.69) is 24.1 Å². The number of ether oxygens (including phenoxy) is 3. The number of benzene rings is 1. The molecular weight excluding hydrogens is 320 g/mol. The third-order valence-electron chi connectivity index (χ3n) is 4.35. The van der Waals surface area contributed by atoms with E-state index in [9.17, 15) is 4.79 Å². The van der Waals surface area contributed by atoms with Gasteiger partial charge < -0.3 is 19.5 Å². The predicted molar refractivity (Wildman–Crippen MR) is 97.6 cm³/mol. The quantitative estimate of drug-likeness (QED) is 0.816. The largest absolute Gasteiger partial charge is 0.496 e. The molecule has 0 saturated carbocycles. The molecule has 1 aromatic rings. The first-order valence-electron chi connectivity index (χ1n) is 8.79. The van der Waals surface area contributed by atoms with Gasteiger partial charge in [0.05, 0.1) is 26.9 Å². The Morgan fingerprint density at radius 2 is 1.96 bits per heavy atom. The molecule has 1 amide bonds. The van der Waals surface area contributed by atoms with Crippen molar-refractivity contribution in [3.63, 3.8) is 0 Å². The van der Waals surface area contributed by atoms with Crippen LogP contribution in [0.15, 0.2) is 12.1 Å². The van der Waals surface area contributed by atoms with Crippen LogP contribution in [-0.4, -0.2) is 63.9 Å². The number of carbonyl (C=O) groups excluding carboxylic acids is 1. The van der Waals surface area contributed by atoms with Crippen molar-refractivity contribution in [1.29, 1.82) is 0 Å². The van der Waals surface area contributed by atoms with Crippen molar-refractivity contribution in [1.82, 2.24) is 10.2 Å². The molecule has 1 saturated heterocycles. The Hall–Kier alpha value is -1.79. The fourth-order valence-corrected chi connectivity index (χ4v) is 3.11. The summed E-state index contributed by atoms with van der Waals surface area (Å²) in [6, 6.07) is 3.47. The number of methoxy groups -OCH3 is 2. The van der Waals surface area contributed by atoms with E-state index >= 15 is 0 Å². The fourth-order valence-electron chi connectivity index (χ4n) is 3.11. The molecule has 25 heavy (non-hydrogen) atoms. The molecule has 2 rings (SSSR count). The number of nitrogens with one attached hydrogen (secondary N) is 1. The highest BCUT2D eigenvalue weighted by Crippen LogP contribution is 2.29. The van der Waals surface area contributed by atoms with Crippen LogP contribution in [0.5, 0.6) is 11.5 Å². The average Bonchev–Trinajstić information content (AvgIpc) is 2.59. The van der Waals surface area contributed by atoms with Gasteiger partial charge in [-0.3, -0.25) is 9.69 Å². The zero-order valence-electron chi connectivity index (χ0n) is 15.9. The first kappa shape index (κ1) is 19.5. The molecule has 1 heterocycles. The zero-order chi connectivity index (χ0) is 18.4. The summed E-state index contributed by atoms with van der Waals surface area (Å²) >= 11 is 0. The van der Waals surface area contributed by atoms with E-state index in [1.807, 2.05) is 6.92 Å². The van der Waals surface area contributed by atoms with Crippen LogP contribution in [0.25, 0.3) is 0 Å². The van der Waals surface area contributed by atoms with Crippen LogP contribution in [0.1, 0.15) is 29.8 Å². The second kappa shape index (κ2) is 9.06.